The van der Waals surface area contributed by atoms with E-state index in [1.807, 2.05) is 30.3 Å². The lowest BCUT2D eigenvalue weighted by atomic mass is 10.1. The van der Waals surface area contributed by atoms with Crippen LogP contribution in [-0.2, 0) is 6.42 Å². The van der Waals surface area contributed by atoms with Gasteiger partial charge in [0.15, 0.2) is 5.69 Å². The summed E-state index contributed by atoms with van der Waals surface area (Å²) in [5.41, 5.74) is 7.71. The number of ether oxygens (including phenoxy) is 1. The Labute approximate surface area is 157 Å². The summed E-state index contributed by atoms with van der Waals surface area (Å²) in [6.07, 6.45) is 2.29. The summed E-state index contributed by atoms with van der Waals surface area (Å²) in [6.45, 7) is 0.194. The molecule has 0 fully saturated rings. The molecular formula is C17H19Cl2N3O3. The Hall–Kier alpha value is -2.28. The summed E-state index contributed by atoms with van der Waals surface area (Å²) >= 11 is 0. The van der Waals surface area contributed by atoms with Gasteiger partial charge in [0.1, 0.15) is 12.3 Å². The molecule has 0 spiro atoms. The highest BCUT2D eigenvalue weighted by Crippen LogP contribution is 2.20. The minimum Gasteiger partial charge on any atom is -0.476 e. The molecule has 25 heavy (non-hydrogen) atoms. The van der Waals surface area contributed by atoms with Crippen LogP contribution < -0.4 is 10.5 Å². The molecule has 0 saturated carbocycles. The number of benzene rings is 1. The minimum atomic E-state index is -1.09. The van der Waals surface area contributed by atoms with Crippen LogP contribution in [0.1, 0.15) is 16.1 Å². The lowest BCUT2D eigenvalue weighted by Crippen LogP contribution is -2.30. The number of pyridine rings is 1. The van der Waals surface area contributed by atoms with Crippen LogP contribution in [0, 0.1) is 0 Å². The van der Waals surface area contributed by atoms with Crippen molar-refractivity contribution in [2.24, 2.45) is 5.73 Å². The lowest BCUT2D eigenvalue weighted by molar-refractivity contribution is 0.0683. The molecule has 2 aromatic heterocycles. The number of halogens is 2. The molecule has 1 aromatic carbocycles. The Balaban J connectivity index is 0.00000156. The standard InChI is InChI=1S/C17H17N3O3.2ClH/c18-13(10-12-6-2-1-3-7-12)11-23-16-15(17(21)22)20-9-5-4-8-14(20)19-16;;/h1-9,13H,10-11,18H2,(H,21,22);2*1H/t13-;;/m1../s1. The number of aromatic nitrogens is 2. The monoisotopic (exact) mass is 383 g/mol. The molecule has 0 saturated heterocycles. The van der Waals surface area contributed by atoms with E-state index in [-0.39, 0.29) is 49.0 Å². The van der Waals surface area contributed by atoms with Crippen LogP contribution in [0.15, 0.2) is 54.7 Å². The first-order valence-corrected chi connectivity index (χ1v) is 7.28. The van der Waals surface area contributed by atoms with E-state index >= 15 is 0 Å². The number of carboxylic acid groups (broad SMARTS) is 1. The number of aromatic carboxylic acids is 1. The maximum Gasteiger partial charge on any atom is 0.358 e. The molecule has 0 amide bonds. The topological polar surface area (TPSA) is 89.9 Å². The molecule has 6 nitrogen and oxygen atoms in total. The fraction of sp³-hybridized carbons (Fsp3) is 0.176. The van der Waals surface area contributed by atoms with E-state index in [0.717, 1.165) is 5.56 Å². The summed E-state index contributed by atoms with van der Waals surface area (Å²) in [4.78, 5) is 15.7. The zero-order chi connectivity index (χ0) is 16.2. The molecule has 0 unspecified atom stereocenters. The Morgan fingerprint density at radius 3 is 2.52 bits per heavy atom. The van der Waals surface area contributed by atoms with Gasteiger partial charge in [-0.3, -0.25) is 4.40 Å². The molecule has 8 heteroatoms. The average Bonchev–Trinajstić information content (AvgIpc) is 2.92. The van der Waals surface area contributed by atoms with Gasteiger partial charge < -0.3 is 15.6 Å². The number of fused-ring (bicyclic) bond motifs is 1. The van der Waals surface area contributed by atoms with E-state index in [1.54, 1.807) is 24.4 Å². The first-order valence-electron chi connectivity index (χ1n) is 7.28. The van der Waals surface area contributed by atoms with Crippen LogP contribution in [0.5, 0.6) is 5.88 Å². The van der Waals surface area contributed by atoms with Crippen molar-refractivity contribution >= 4 is 36.4 Å². The van der Waals surface area contributed by atoms with E-state index in [1.165, 1.54) is 4.40 Å². The Morgan fingerprint density at radius 2 is 1.84 bits per heavy atom. The fourth-order valence-electron chi connectivity index (χ4n) is 2.43. The molecule has 3 N–H and O–H groups in total. The fourth-order valence-corrected chi connectivity index (χ4v) is 2.43. The molecular weight excluding hydrogens is 365 g/mol. The Morgan fingerprint density at radius 1 is 1.16 bits per heavy atom. The molecule has 0 aliphatic rings. The number of hydrogen-bond donors (Lipinski definition) is 2. The first-order chi connectivity index (χ1) is 11.1. The van der Waals surface area contributed by atoms with Crippen molar-refractivity contribution < 1.29 is 14.6 Å². The number of rotatable bonds is 6. The van der Waals surface area contributed by atoms with Gasteiger partial charge in [-0.05, 0) is 24.1 Å². The largest absolute Gasteiger partial charge is 0.476 e. The number of hydrogen-bond acceptors (Lipinski definition) is 4. The molecule has 0 radical (unpaired) electrons. The summed E-state index contributed by atoms with van der Waals surface area (Å²) < 4.78 is 7.07. The van der Waals surface area contributed by atoms with Crippen molar-refractivity contribution in [2.45, 2.75) is 12.5 Å². The molecule has 1 atom stereocenters. The lowest BCUT2D eigenvalue weighted by Gasteiger charge is -2.12. The predicted octanol–water partition coefficient (Wildman–Crippen LogP) is 2.82. The Bertz CT molecular complexity index is 824. The third kappa shape index (κ3) is 4.85. The Kier molecular flexibility index (Phi) is 7.70. The van der Waals surface area contributed by atoms with Crippen molar-refractivity contribution in [3.05, 3.63) is 66.0 Å². The van der Waals surface area contributed by atoms with E-state index < -0.39 is 5.97 Å². The van der Waals surface area contributed by atoms with Gasteiger partial charge in [-0.15, -0.1) is 24.8 Å². The number of carbonyl (C=O) groups is 1. The van der Waals surface area contributed by atoms with Gasteiger partial charge in [0.25, 0.3) is 0 Å². The van der Waals surface area contributed by atoms with Crippen molar-refractivity contribution in [2.75, 3.05) is 6.61 Å². The zero-order valence-electron chi connectivity index (χ0n) is 13.2. The van der Waals surface area contributed by atoms with Gasteiger partial charge in [0.05, 0.1) is 0 Å². The van der Waals surface area contributed by atoms with Gasteiger partial charge >= 0.3 is 5.97 Å². The molecule has 134 valence electrons. The van der Waals surface area contributed by atoms with Crippen molar-refractivity contribution in [3.8, 4) is 5.88 Å². The third-order valence-corrected chi connectivity index (χ3v) is 3.48. The van der Waals surface area contributed by atoms with E-state index in [4.69, 9.17) is 10.5 Å². The highest BCUT2D eigenvalue weighted by atomic mass is 35.5. The van der Waals surface area contributed by atoms with Crippen LogP contribution in [-0.4, -0.2) is 33.1 Å². The highest BCUT2D eigenvalue weighted by molar-refractivity contribution is 5.89. The van der Waals surface area contributed by atoms with Gasteiger partial charge in [0.2, 0.25) is 5.88 Å². The number of carboxylic acids is 1. The normalized spacial score (nSPS) is 11.2. The van der Waals surface area contributed by atoms with Crippen molar-refractivity contribution in [3.63, 3.8) is 0 Å². The molecule has 3 rings (SSSR count). The van der Waals surface area contributed by atoms with Gasteiger partial charge in [-0.2, -0.15) is 4.98 Å². The summed E-state index contributed by atoms with van der Waals surface area (Å²) in [6, 6.07) is 14.8. The SMILES string of the molecule is Cl.Cl.N[C@@H](COc1nc2ccccn2c1C(=O)O)Cc1ccccc1. The van der Waals surface area contributed by atoms with E-state index in [2.05, 4.69) is 4.98 Å². The molecule has 0 aliphatic carbocycles. The second-order valence-corrected chi connectivity index (χ2v) is 5.26. The van der Waals surface area contributed by atoms with E-state index in [0.29, 0.717) is 12.1 Å². The highest BCUT2D eigenvalue weighted by Gasteiger charge is 2.20. The maximum atomic E-state index is 11.5. The molecule has 0 aliphatic heterocycles. The second-order valence-electron chi connectivity index (χ2n) is 5.26. The summed E-state index contributed by atoms with van der Waals surface area (Å²) in [7, 11) is 0. The van der Waals surface area contributed by atoms with Crippen molar-refractivity contribution in [1.29, 1.82) is 0 Å². The second kappa shape index (κ2) is 9.27. The summed E-state index contributed by atoms with van der Waals surface area (Å²) in [5.74, 6) is -0.998. The van der Waals surface area contributed by atoms with Crippen LogP contribution in [0.3, 0.4) is 0 Å². The number of nitrogens with zero attached hydrogens (tertiary/aromatic N) is 2. The third-order valence-electron chi connectivity index (χ3n) is 3.48. The maximum absolute atomic E-state index is 11.5. The molecule has 3 aromatic rings. The van der Waals surface area contributed by atoms with Crippen LogP contribution in [0.2, 0.25) is 0 Å². The quantitative estimate of drug-likeness (QED) is 0.682. The molecule has 0 bridgehead atoms. The number of nitrogens with two attached hydrogens (primary N) is 1. The average molecular weight is 384 g/mol. The van der Waals surface area contributed by atoms with Gasteiger partial charge in [0, 0.05) is 12.2 Å². The zero-order valence-corrected chi connectivity index (χ0v) is 14.9. The van der Waals surface area contributed by atoms with Gasteiger partial charge in [-0.25, -0.2) is 4.79 Å². The van der Waals surface area contributed by atoms with Crippen LogP contribution in [0.4, 0.5) is 0 Å². The number of imidazole rings is 1. The van der Waals surface area contributed by atoms with Gasteiger partial charge in [-0.1, -0.05) is 36.4 Å². The minimum absolute atomic E-state index is 0. The smallest absolute Gasteiger partial charge is 0.358 e. The molecule has 2 heterocycles. The van der Waals surface area contributed by atoms with Crippen LogP contribution >= 0.6 is 24.8 Å². The van der Waals surface area contributed by atoms with Crippen LogP contribution in [0.25, 0.3) is 5.65 Å². The first kappa shape index (κ1) is 20.8. The van der Waals surface area contributed by atoms with Crippen molar-refractivity contribution in [1.82, 2.24) is 9.38 Å². The van der Waals surface area contributed by atoms with E-state index in [9.17, 15) is 9.90 Å². The predicted molar refractivity (Wildman–Crippen MR) is 100 cm³/mol. The summed E-state index contributed by atoms with van der Waals surface area (Å²) in [5, 5.41) is 9.38.